The fourth-order valence-electron chi connectivity index (χ4n) is 3.08. The molecule has 0 N–H and O–H groups in total. The molecule has 22 heteroatoms. The van der Waals surface area contributed by atoms with E-state index in [1.165, 1.54) is 0 Å². The van der Waals surface area contributed by atoms with Crippen LogP contribution in [0, 0.1) is 0 Å². The number of hydrogen-bond donors (Lipinski definition) is 0. The predicted molar refractivity (Wildman–Crippen MR) is 127 cm³/mol. The SMILES string of the molecule is [B]B([B])B(B([B])[B])B(B(B([B])[B])B([B])[B])B(B([B])[B])B([B])[B]. The standard InChI is InChI=1S/B22/c1-13(2)19(14(3)4)22(20(15(5)6)16(7)8)21(17(9)10)18(11)12. The van der Waals surface area contributed by atoms with Crippen LogP contribution in [0.1, 0.15) is 0 Å². The lowest BCUT2D eigenvalue weighted by atomic mass is 8.36. The molecular weight excluding hydrogens is 238 g/mol. The molecule has 22 heavy (non-hydrogen) atoms. The minimum atomic E-state index is -0.926. The molecule has 0 unspecified atom stereocenters. The van der Waals surface area contributed by atoms with E-state index in [0.717, 1.165) is 0 Å². The van der Waals surface area contributed by atoms with Crippen molar-refractivity contribution in [3.63, 3.8) is 0 Å². The van der Waals surface area contributed by atoms with E-state index in [-0.39, 0.29) is 0 Å². The van der Waals surface area contributed by atoms with E-state index in [1.54, 1.807) is 0 Å². The highest BCUT2D eigenvalue weighted by Gasteiger charge is 2.46. The van der Waals surface area contributed by atoms with Gasteiger partial charge in [0, 0.05) is 157 Å². The van der Waals surface area contributed by atoms with Crippen molar-refractivity contribution < 1.29 is 0 Å². The van der Waals surface area contributed by atoms with Crippen LogP contribution in [0.15, 0.2) is 0 Å². The van der Waals surface area contributed by atoms with Gasteiger partial charge in [-0.2, -0.15) is 0 Å². The Labute approximate surface area is 156 Å². The van der Waals surface area contributed by atoms with Crippen molar-refractivity contribution in [1.82, 2.24) is 0 Å². The van der Waals surface area contributed by atoms with Crippen LogP contribution in [-0.4, -0.2) is 157 Å². The zero-order valence-corrected chi connectivity index (χ0v) is 12.7. The van der Waals surface area contributed by atoms with Crippen LogP contribution in [0.3, 0.4) is 0 Å². The van der Waals surface area contributed by atoms with Crippen LogP contribution >= 0.6 is 0 Å². The van der Waals surface area contributed by atoms with E-state index in [0.29, 0.717) is 0 Å². The third-order valence-corrected chi connectivity index (χ3v) is 4.00. The summed E-state index contributed by atoms with van der Waals surface area (Å²) in [5.74, 6) is 0. The van der Waals surface area contributed by atoms with Crippen LogP contribution in [0.25, 0.3) is 0 Å². The van der Waals surface area contributed by atoms with Gasteiger partial charge in [-0.25, -0.2) is 0 Å². The largest absolute Gasteiger partial charge is 0 e. The summed E-state index contributed by atoms with van der Waals surface area (Å²) < 4.78 is 0. The topological polar surface area (TPSA) is 0 Å². The molecule has 0 aliphatic heterocycles. The Hall–Kier alpha value is 1.43. The first kappa shape index (κ1) is 23.4. The summed E-state index contributed by atoms with van der Waals surface area (Å²) in [6.07, 6.45) is -8.34. The van der Waals surface area contributed by atoms with Gasteiger partial charge in [0.2, 0.25) is 0 Å². The first-order chi connectivity index (χ1) is 9.93. The molecule has 24 radical (unpaired) electrons. The first-order valence-corrected chi connectivity index (χ1v) is 7.00. The Kier molecular flexibility index (Phi) is 11.1. The van der Waals surface area contributed by atoms with Gasteiger partial charge >= 0.3 is 0 Å². The normalized spacial score (nSPS) is 9.27. The summed E-state index contributed by atoms with van der Waals surface area (Å²) in [6.45, 7) is 0. The van der Waals surface area contributed by atoms with Gasteiger partial charge in [-0.15, -0.1) is 0 Å². The third-order valence-electron chi connectivity index (χ3n) is 4.00. The van der Waals surface area contributed by atoms with Crippen LogP contribution in [0.4, 0.5) is 0 Å². The molecule has 0 spiro atoms. The second-order valence-corrected chi connectivity index (χ2v) is 5.77. The van der Waals surface area contributed by atoms with E-state index in [2.05, 4.69) is 0 Å². The van der Waals surface area contributed by atoms with Gasteiger partial charge in [0.15, 0.2) is 0 Å². The molecule has 0 aliphatic carbocycles. The highest BCUT2D eigenvalue weighted by molar-refractivity contribution is 8.22. The maximum Gasteiger partial charge on any atom is 0 e. The Morgan fingerprint density at radius 1 is 0.227 bits per heavy atom. The maximum atomic E-state index is 5.81. The van der Waals surface area contributed by atoms with E-state index < -0.39 is 63.9 Å². The Balaban J connectivity index is 6.03. The Morgan fingerprint density at radius 3 is 0.455 bits per heavy atom. The quantitative estimate of drug-likeness (QED) is 0.350. The highest BCUT2D eigenvalue weighted by Crippen LogP contribution is 2.08. The van der Waals surface area contributed by atoms with E-state index >= 15 is 0 Å². The van der Waals surface area contributed by atoms with Crippen LogP contribution in [-0.2, 0) is 0 Å². The molecule has 0 heterocycles. The molecule has 0 aromatic carbocycles. The summed E-state index contributed by atoms with van der Waals surface area (Å²) in [4.78, 5) is 0. The van der Waals surface area contributed by atoms with Gasteiger partial charge in [-0.3, -0.25) is 0 Å². The van der Waals surface area contributed by atoms with Gasteiger partial charge in [0.1, 0.15) is 0 Å². The number of rotatable bonds is 9. The molecule has 0 nitrogen and oxygen atoms in total. The van der Waals surface area contributed by atoms with Crippen molar-refractivity contribution in [2.24, 2.45) is 0 Å². The van der Waals surface area contributed by atoms with Gasteiger partial charge in [-0.1, -0.05) is 0 Å². The summed E-state index contributed by atoms with van der Waals surface area (Å²) in [6, 6.07) is 0. The molecule has 0 rings (SSSR count). The Bertz CT molecular complexity index is 211. The average molecular weight is 238 g/mol. The average Bonchev–Trinajstić information content (AvgIpc) is 2.24. The van der Waals surface area contributed by atoms with Crippen LogP contribution in [0.5, 0.6) is 0 Å². The maximum absolute atomic E-state index is 5.81. The summed E-state index contributed by atoms with van der Waals surface area (Å²) in [5.41, 5.74) is 0. The predicted octanol–water partition coefficient (Wildman–Crippen LogP) is -8.38. The summed E-state index contributed by atoms with van der Waals surface area (Å²) >= 11 is 0. The number of hydrogen-bond acceptors (Lipinski definition) is 0. The van der Waals surface area contributed by atoms with Gasteiger partial charge in [0.25, 0.3) is 0 Å². The summed E-state index contributed by atoms with van der Waals surface area (Å²) in [5, 5.41) is 0. The fraction of sp³-hybridized carbons (Fsp3) is 0. The molecule has 0 aliphatic rings. The lowest BCUT2D eigenvalue weighted by Crippen LogP contribution is -2.83. The van der Waals surface area contributed by atoms with Crippen LogP contribution < -0.4 is 0 Å². The lowest BCUT2D eigenvalue weighted by molar-refractivity contribution is 3.31. The van der Waals surface area contributed by atoms with Crippen molar-refractivity contribution in [1.29, 1.82) is 0 Å². The van der Waals surface area contributed by atoms with Crippen molar-refractivity contribution in [3.05, 3.63) is 0 Å². The van der Waals surface area contributed by atoms with Crippen molar-refractivity contribution in [3.8, 4) is 0 Å². The molecule has 0 aromatic heterocycles. The Morgan fingerprint density at radius 2 is 0.364 bits per heavy atom. The smallest absolute Gasteiger partial charge is 0 e. The van der Waals surface area contributed by atoms with E-state index in [1.807, 2.05) is 0 Å². The molecule has 66 valence electrons. The molecule has 0 fully saturated rings. The molecular formula is B22. The summed E-state index contributed by atoms with van der Waals surface area (Å²) in [7, 11) is 69.7. The van der Waals surface area contributed by atoms with Crippen molar-refractivity contribution >= 4 is 157 Å². The minimum absolute atomic E-state index is 0.667. The molecule has 0 saturated carbocycles. The fourth-order valence-corrected chi connectivity index (χ4v) is 3.08. The minimum Gasteiger partial charge on any atom is 0 e. The molecule has 0 amide bonds. The van der Waals surface area contributed by atoms with Gasteiger partial charge in [0.05, 0.1) is 0 Å². The lowest BCUT2D eigenvalue weighted by Gasteiger charge is -2.45. The van der Waals surface area contributed by atoms with Crippen molar-refractivity contribution in [2.75, 3.05) is 0 Å². The van der Waals surface area contributed by atoms with E-state index in [4.69, 9.17) is 92.8 Å². The van der Waals surface area contributed by atoms with Gasteiger partial charge in [-0.05, 0) is 0 Å². The third kappa shape index (κ3) is 6.38. The highest BCUT2D eigenvalue weighted by atomic mass is 13.3. The van der Waals surface area contributed by atoms with Crippen LogP contribution in [0.2, 0.25) is 0 Å². The molecule has 0 aromatic rings. The first-order valence-electron chi connectivity index (χ1n) is 7.00. The second kappa shape index (κ2) is 10.4. The molecule has 0 bridgehead atoms. The molecule has 0 atom stereocenters. The second-order valence-electron chi connectivity index (χ2n) is 5.77. The molecule has 0 saturated heterocycles. The van der Waals surface area contributed by atoms with Gasteiger partial charge < -0.3 is 0 Å². The monoisotopic (exact) mass is 242 g/mol. The van der Waals surface area contributed by atoms with Crippen molar-refractivity contribution in [2.45, 2.75) is 0 Å². The van der Waals surface area contributed by atoms with E-state index in [9.17, 15) is 0 Å². The zero-order chi connectivity index (χ0) is 17.8. The zero-order valence-electron chi connectivity index (χ0n) is 12.7.